The topological polar surface area (TPSA) is 3.24 Å². The van der Waals surface area contributed by atoms with E-state index in [4.69, 9.17) is 0 Å². The molecule has 0 aromatic rings. The van der Waals surface area contributed by atoms with E-state index in [0.717, 1.165) is 17.8 Å². The van der Waals surface area contributed by atoms with Gasteiger partial charge >= 0.3 is 0 Å². The summed E-state index contributed by atoms with van der Waals surface area (Å²) in [5.41, 5.74) is 0. The SMILES string of the molecule is C1CC1CN1CC2CC2C1. The van der Waals surface area contributed by atoms with E-state index in [2.05, 4.69) is 4.90 Å². The van der Waals surface area contributed by atoms with E-state index < -0.39 is 0 Å². The molecular formula is C9H15N. The lowest BCUT2D eigenvalue weighted by atomic mass is 10.3. The first-order valence-corrected chi connectivity index (χ1v) is 4.64. The van der Waals surface area contributed by atoms with Gasteiger partial charge in [0.25, 0.3) is 0 Å². The van der Waals surface area contributed by atoms with E-state index in [-0.39, 0.29) is 0 Å². The highest BCUT2D eigenvalue weighted by Crippen LogP contribution is 2.46. The lowest BCUT2D eigenvalue weighted by molar-refractivity contribution is 0.293. The third kappa shape index (κ3) is 0.878. The molecule has 56 valence electrons. The smallest absolute Gasteiger partial charge is 0.00131 e. The van der Waals surface area contributed by atoms with Crippen LogP contribution in [0.15, 0.2) is 0 Å². The maximum atomic E-state index is 2.69. The average molecular weight is 137 g/mol. The van der Waals surface area contributed by atoms with Gasteiger partial charge in [0, 0.05) is 19.6 Å². The molecule has 3 aliphatic rings. The highest BCUT2D eigenvalue weighted by molar-refractivity contribution is 4.97. The fraction of sp³-hybridized carbons (Fsp3) is 1.00. The molecule has 10 heavy (non-hydrogen) atoms. The summed E-state index contributed by atoms with van der Waals surface area (Å²) in [5.74, 6) is 3.38. The van der Waals surface area contributed by atoms with Crippen LogP contribution in [-0.2, 0) is 0 Å². The van der Waals surface area contributed by atoms with Crippen molar-refractivity contribution >= 4 is 0 Å². The first-order valence-electron chi connectivity index (χ1n) is 4.64. The Hall–Kier alpha value is -0.0400. The van der Waals surface area contributed by atoms with E-state index in [1.807, 2.05) is 0 Å². The maximum absolute atomic E-state index is 2.69. The molecule has 0 aromatic heterocycles. The second kappa shape index (κ2) is 1.76. The van der Waals surface area contributed by atoms with Crippen LogP contribution in [0.25, 0.3) is 0 Å². The fourth-order valence-electron chi connectivity index (χ4n) is 2.31. The Balaban J connectivity index is 1.54. The van der Waals surface area contributed by atoms with Crippen LogP contribution in [0.3, 0.4) is 0 Å². The van der Waals surface area contributed by atoms with Crippen LogP contribution in [0.1, 0.15) is 19.3 Å². The van der Waals surface area contributed by atoms with Gasteiger partial charge in [0.05, 0.1) is 0 Å². The molecule has 0 bridgehead atoms. The van der Waals surface area contributed by atoms with Gasteiger partial charge in [0.2, 0.25) is 0 Å². The summed E-state index contributed by atoms with van der Waals surface area (Å²) in [6.07, 6.45) is 4.60. The van der Waals surface area contributed by atoms with Gasteiger partial charge in [-0.15, -0.1) is 0 Å². The summed E-state index contributed by atoms with van der Waals surface area (Å²) < 4.78 is 0. The summed E-state index contributed by atoms with van der Waals surface area (Å²) in [6, 6.07) is 0. The van der Waals surface area contributed by atoms with Gasteiger partial charge < -0.3 is 4.90 Å². The maximum Gasteiger partial charge on any atom is 0.00131 e. The van der Waals surface area contributed by atoms with Crippen LogP contribution in [0.2, 0.25) is 0 Å². The molecule has 0 spiro atoms. The van der Waals surface area contributed by atoms with Crippen molar-refractivity contribution in [3.05, 3.63) is 0 Å². The minimum absolute atomic E-state index is 1.11. The van der Waals surface area contributed by atoms with E-state index in [9.17, 15) is 0 Å². The summed E-state index contributed by atoms with van der Waals surface area (Å²) in [5, 5.41) is 0. The zero-order valence-electron chi connectivity index (χ0n) is 6.42. The first kappa shape index (κ1) is 5.59. The van der Waals surface area contributed by atoms with Crippen molar-refractivity contribution in [2.75, 3.05) is 19.6 Å². The predicted molar refractivity (Wildman–Crippen MR) is 40.8 cm³/mol. The molecule has 1 saturated heterocycles. The lowest BCUT2D eigenvalue weighted by Gasteiger charge is -2.15. The number of piperidine rings is 1. The van der Waals surface area contributed by atoms with Crippen molar-refractivity contribution < 1.29 is 0 Å². The van der Waals surface area contributed by atoms with Crippen LogP contribution >= 0.6 is 0 Å². The van der Waals surface area contributed by atoms with Crippen molar-refractivity contribution in [1.82, 2.24) is 4.90 Å². The Morgan fingerprint density at radius 1 is 1.10 bits per heavy atom. The molecule has 0 N–H and O–H groups in total. The molecule has 1 nitrogen and oxygen atoms in total. The largest absolute Gasteiger partial charge is 0.302 e. The number of hydrogen-bond acceptors (Lipinski definition) is 1. The molecule has 1 heterocycles. The first-order chi connectivity index (χ1) is 4.92. The second-order valence-electron chi connectivity index (χ2n) is 4.42. The normalized spacial score (nSPS) is 45.6. The highest BCUT2D eigenvalue weighted by atomic mass is 15.2. The third-order valence-corrected chi connectivity index (χ3v) is 3.27. The van der Waals surface area contributed by atoms with Crippen LogP contribution in [0.5, 0.6) is 0 Å². The Morgan fingerprint density at radius 3 is 2.40 bits per heavy atom. The third-order valence-electron chi connectivity index (χ3n) is 3.27. The molecular weight excluding hydrogens is 122 g/mol. The van der Waals surface area contributed by atoms with Gasteiger partial charge in [-0.05, 0) is 37.0 Å². The number of nitrogens with zero attached hydrogens (tertiary/aromatic N) is 1. The zero-order valence-corrected chi connectivity index (χ0v) is 6.42. The van der Waals surface area contributed by atoms with E-state index in [1.54, 1.807) is 6.42 Å². The van der Waals surface area contributed by atoms with Crippen LogP contribution in [-0.4, -0.2) is 24.5 Å². The minimum Gasteiger partial charge on any atom is -0.302 e. The number of rotatable bonds is 2. The molecule has 3 fully saturated rings. The summed E-state index contributed by atoms with van der Waals surface area (Å²) in [4.78, 5) is 2.69. The van der Waals surface area contributed by atoms with E-state index in [1.165, 1.54) is 32.5 Å². The Kier molecular flexibility index (Phi) is 0.984. The predicted octanol–water partition coefficient (Wildman–Crippen LogP) is 1.35. The van der Waals surface area contributed by atoms with Crippen molar-refractivity contribution in [2.45, 2.75) is 19.3 Å². The zero-order chi connectivity index (χ0) is 6.55. The molecule has 1 aliphatic heterocycles. The van der Waals surface area contributed by atoms with Gasteiger partial charge in [0.15, 0.2) is 0 Å². The van der Waals surface area contributed by atoms with E-state index in [0.29, 0.717) is 0 Å². The molecule has 2 aliphatic carbocycles. The number of likely N-dealkylation sites (tertiary alicyclic amines) is 1. The Morgan fingerprint density at radius 2 is 1.80 bits per heavy atom. The summed E-state index contributed by atoms with van der Waals surface area (Å²) in [6.45, 7) is 4.33. The molecule has 2 unspecified atom stereocenters. The summed E-state index contributed by atoms with van der Waals surface area (Å²) in [7, 11) is 0. The lowest BCUT2D eigenvalue weighted by Crippen LogP contribution is -2.24. The second-order valence-corrected chi connectivity index (χ2v) is 4.42. The quantitative estimate of drug-likeness (QED) is 0.555. The summed E-state index contributed by atoms with van der Waals surface area (Å²) >= 11 is 0. The molecule has 0 aromatic carbocycles. The Bertz CT molecular complexity index is 141. The van der Waals surface area contributed by atoms with Crippen molar-refractivity contribution in [2.24, 2.45) is 17.8 Å². The molecule has 2 atom stereocenters. The average Bonchev–Trinajstić information content (AvgIpc) is 2.78. The van der Waals surface area contributed by atoms with Crippen LogP contribution in [0, 0.1) is 17.8 Å². The van der Waals surface area contributed by atoms with E-state index >= 15 is 0 Å². The van der Waals surface area contributed by atoms with Crippen molar-refractivity contribution in [3.8, 4) is 0 Å². The Labute approximate surface area is 62.4 Å². The molecule has 0 amide bonds. The van der Waals surface area contributed by atoms with Crippen LogP contribution < -0.4 is 0 Å². The number of fused-ring (bicyclic) bond motifs is 1. The van der Waals surface area contributed by atoms with Gasteiger partial charge in [-0.3, -0.25) is 0 Å². The highest BCUT2D eigenvalue weighted by Gasteiger charge is 2.45. The van der Waals surface area contributed by atoms with Crippen molar-refractivity contribution in [1.29, 1.82) is 0 Å². The molecule has 0 radical (unpaired) electrons. The fourth-order valence-corrected chi connectivity index (χ4v) is 2.31. The standard InChI is InChI=1S/C9H15N/c1-2-7(1)4-10-5-8-3-9(8)6-10/h7-9H,1-6H2. The van der Waals surface area contributed by atoms with Crippen LogP contribution in [0.4, 0.5) is 0 Å². The number of hydrogen-bond donors (Lipinski definition) is 0. The molecule has 1 heteroatoms. The molecule has 3 rings (SSSR count). The molecule has 2 saturated carbocycles. The van der Waals surface area contributed by atoms with Crippen molar-refractivity contribution in [3.63, 3.8) is 0 Å². The van der Waals surface area contributed by atoms with Gasteiger partial charge in [0.1, 0.15) is 0 Å². The minimum atomic E-state index is 1.11. The van der Waals surface area contributed by atoms with Gasteiger partial charge in [-0.2, -0.15) is 0 Å². The van der Waals surface area contributed by atoms with Gasteiger partial charge in [-0.25, -0.2) is 0 Å². The van der Waals surface area contributed by atoms with Gasteiger partial charge in [-0.1, -0.05) is 0 Å². The monoisotopic (exact) mass is 137 g/mol.